The third-order valence-electron chi connectivity index (χ3n) is 3.21. The molecular weight excluding hydrogens is 244 g/mol. The number of allylic oxidation sites excluding steroid dienone is 2. The summed E-state index contributed by atoms with van der Waals surface area (Å²) in [5, 5.41) is 11.5. The van der Waals surface area contributed by atoms with Gasteiger partial charge in [-0.3, -0.25) is 9.48 Å². The van der Waals surface area contributed by atoms with Gasteiger partial charge in [-0.05, 0) is 13.8 Å². The Morgan fingerprint density at radius 3 is 2.84 bits per heavy atom. The lowest BCUT2D eigenvalue weighted by Crippen LogP contribution is -2.27. The van der Waals surface area contributed by atoms with Gasteiger partial charge in [0.1, 0.15) is 12.4 Å². The fraction of sp³-hybridized carbons (Fsp3) is 0.333. The van der Waals surface area contributed by atoms with Gasteiger partial charge in [0.15, 0.2) is 5.78 Å². The number of carbonyl (C=O) groups excluding carboxylic acids is 1. The van der Waals surface area contributed by atoms with Gasteiger partial charge >= 0.3 is 0 Å². The highest BCUT2D eigenvalue weighted by atomic mass is 16.1. The van der Waals surface area contributed by atoms with Gasteiger partial charge < -0.3 is 5.32 Å². The number of anilines is 1. The zero-order valence-corrected chi connectivity index (χ0v) is 11.0. The fourth-order valence-corrected chi connectivity index (χ4v) is 2.44. The smallest absolute Gasteiger partial charge is 0.226 e. The Hall–Kier alpha value is -2.44. The molecule has 1 unspecified atom stereocenters. The van der Waals surface area contributed by atoms with Crippen LogP contribution in [0, 0.1) is 0 Å². The van der Waals surface area contributed by atoms with Gasteiger partial charge in [0.25, 0.3) is 0 Å². The van der Waals surface area contributed by atoms with Crippen LogP contribution >= 0.6 is 0 Å². The van der Waals surface area contributed by atoms with Crippen molar-refractivity contribution in [1.82, 2.24) is 24.5 Å². The molecule has 1 N–H and O–H groups in total. The van der Waals surface area contributed by atoms with Crippen molar-refractivity contribution in [3.8, 4) is 0 Å². The van der Waals surface area contributed by atoms with Crippen LogP contribution in [0.5, 0.6) is 0 Å². The standard InChI is InChI=1S/C12H14N6O/c1-7-10(8(2)19)11(9-4-14-17(3)5-9)18-12(16-7)13-6-15-18/h4-6,11H,1-3H3,(H,13,15,16). The molecule has 0 radical (unpaired) electrons. The molecule has 2 aromatic rings. The lowest BCUT2D eigenvalue weighted by Gasteiger charge is -2.26. The van der Waals surface area contributed by atoms with Crippen LogP contribution in [0.1, 0.15) is 25.5 Å². The molecule has 1 atom stereocenters. The zero-order chi connectivity index (χ0) is 13.6. The van der Waals surface area contributed by atoms with Crippen molar-refractivity contribution in [3.05, 3.63) is 35.6 Å². The summed E-state index contributed by atoms with van der Waals surface area (Å²) in [6, 6.07) is -0.273. The number of hydrogen-bond donors (Lipinski definition) is 1. The van der Waals surface area contributed by atoms with Gasteiger partial charge in [-0.25, -0.2) is 4.68 Å². The number of fused-ring (bicyclic) bond motifs is 1. The Balaban J connectivity index is 2.20. The molecule has 7 heteroatoms. The van der Waals surface area contributed by atoms with Crippen LogP contribution < -0.4 is 5.32 Å². The van der Waals surface area contributed by atoms with Gasteiger partial charge in [0.2, 0.25) is 5.95 Å². The van der Waals surface area contributed by atoms with Crippen molar-refractivity contribution < 1.29 is 4.79 Å². The van der Waals surface area contributed by atoms with Crippen LogP contribution in [0.2, 0.25) is 0 Å². The molecule has 1 aliphatic heterocycles. The Kier molecular flexibility index (Phi) is 2.48. The number of ketones is 1. The van der Waals surface area contributed by atoms with Gasteiger partial charge in [-0.15, -0.1) is 0 Å². The summed E-state index contributed by atoms with van der Waals surface area (Å²) < 4.78 is 3.42. The average molecular weight is 258 g/mol. The summed E-state index contributed by atoms with van der Waals surface area (Å²) in [5.74, 6) is 0.649. The largest absolute Gasteiger partial charge is 0.328 e. The van der Waals surface area contributed by atoms with Gasteiger partial charge in [0.05, 0.1) is 6.20 Å². The first kappa shape index (κ1) is 11.6. The SMILES string of the molecule is CC(=O)C1=C(C)Nc2ncnn2C1c1cnn(C)c1. The van der Waals surface area contributed by atoms with Crippen molar-refractivity contribution in [3.63, 3.8) is 0 Å². The minimum atomic E-state index is -0.273. The van der Waals surface area contributed by atoms with Crippen molar-refractivity contribution in [2.24, 2.45) is 7.05 Å². The summed E-state index contributed by atoms with van der Waals surface area (Å²) in [6.07, 6.45) is 5.11. The number of aryl methyl sites for hydroxylation is 1. The molecule has 7 nitrogen and oxygen atoms in total. The minimum Gasteiger partial charge on any atom is -0.328 e. The van der Waals surface area contributed by atoms with E-state index in [2.05, 4.69) is 20.5 Å². The molecule has 0 saturated heterocycles. The molecule has 0 aromatic carbocycles. The normalized spacial score (nSPS) is 18.2. The van der Waals surface area contributed by atoms with E-state index in [0.717, 1.165) is 11.3 Å². The summed E-state index contributed by atoms with van der Waals surface area (Å²) in [6.45, 7) is 3.43. The number of rotatable bonds is 2. The maximum atomic E-state index is 11.9. The van der Waals surface area contributed by atoms with E-state index in [0.29, 0.717) is 11.5 Å². The average Bonchev–Trinajstić information content (AvgIpc) is 2.95. The molecule has 0 fully saturated rings. The Bertz CT molecular complexity index is 680. The molecule has 19 heavy (non-hydrogen) atoms. The van der Waals surface area contributed by atoms with Crippen LogP contribution in [-0.2, 0) is 11.8 Å². The highest BCUT2D eigenvalue weighted by molar-refractivity contribution is 5.96. The molecule has 1 aliphatic rings. The first-order valence-corrected chi connectivity index (χ1v) is 5.94. The van der Waals surface area contributed by atoms with Gasteiger partial charge in [0, 0.05) is 30.1 Å². The number of nitrogens with zero attached hydrogens (tertiary/aromatic N) is 5. The lowest BCUT2D eigenvalue weighted by molar-refractivity contribution is -0.114. The summed E-state index contributed by atoms with van der Waals surface area (Å²) in [7, 11) is 1.84. The number of Topliss-reactive ketones (excluding diaryl/α,β-unsaturated/α-hetero) is 1. The third-order valence-corrected chi connectivity index (χ3v) is 3.21. The van der Waals surface area contributed by atoms with E-state index in [9.17, 15) is 4.79 Å². The molecule has 0 saturated carbocycles. The highest BCUT2D eigenvalue weighted by Crippen LogP contribution is 2.34. The predicted octanol–water partition coefficient (Wildman–Crippen LogP) is 0.889. The topological polar surface area (TPSA) is 77.6 Å². The van der Waals surface area contributed by atoms with E-state index in [-0.39, 0.29) is 11.8 Å². The summed E-state index contributed by atoms with van der Waals surface area (Å²) >= 11 is 0. The van der Waals surface area contributed by atoms with E-state index in [1.54, 1.807) is 22.5 Å². The predicted molar refractivity (Wildman–Crippen MR) is 68.4 cm³/mol. The van der Waals surface area contributed by atoms with E-state index in [1.165, 1.54) is 6.33 Å². The maximum absolute atomic E-state index is 11.9. The van der Waals surface area contributed by atoms with E-state index in [1.807, 2.05) is 20.2 Å². The van der Waals surface area contributed by atoms with E-state index >= 15 is 0 Å². The summed E-state index contributed by atoms with van der Waals surface area (Å²) in [4.78, 5) is 16.1. The molecule has 0 bridgehead atoms. The zero-order valence-electron chi connectivity index (χ0n) is 11.0. The highest BCUT2D eigenvalue weighted by Gasteiger charge is 2.32. The molecule has 0 spiro atoms. The fourth-order valence-electron chi connectivity index (χ4n) is 2.44. The van der Waals surface area contributed by atoms with Gasteiger partial charge in [-0.2, -0.15) is 15.2 Å². The van der Waals surface area contributed by atoms with Crippen LogP contribution in [0.4, 0.5) is 5.95 Å². The lowest BCUT2D eigenvalue weighted by atomic mass is 9.95. The molecular formula is C12H14N6O. The van der Waals surface area contributed by atoms with Crippen LogP contribution in [0.25, 0.3) is 0 Å². The second-order valence-electron chi connectivity index (χ2n) is 4.60. The monoisotopic (exact) mass is 258 g/mol. The minimum absolute atomic E-state index is 0.0139. The van der Waals surface area contributed by atoms with E-state index in [4.69, 9.17) is 0 Å². The second-order valence-corrected chi connectivity index (χ2v) is 4.60. The number of nitrogens with one attached hydrogen (secondary N) is 1. The number of carbonyl (C=O) groups is 1. The second kappa shape index (κ2) is 4.04. The Morgan fingerprint density at radius 1 is 1.42 bits per heavy atom. The quantitative estimate of drug-likeness (QED) is 0.865. The molecule has 2 aromatic heterocycles. The Labute approximate surface area is 109 Å². The van der Waals surface area contributed by atoms with Gasteiger partial charge in [-0.1, -0.05) is 0 Å². The third kappa shape index (κ3) is 1.74. The number of aromatic nitrogens is 5. The maximum Gasteiger partial charge on any atom is 0.226 e. The Morgan fingerprint density at radius 2 is 2.21 bits per heavy atom. The summed E-state index contributed by atoms with van der Waals surface area (Å²) in [5.41, 5.74) is 2.41. The number of hydrogen-bond acceptors (Lipinski definition) is 5. The molecule has 3 rings (SSSR count). The van der Waals surface area contributed by atoms with Crippen molar-refractivity contribution in [2.75, 3.05) is 5.32 Å². The van der Waals surface area contributed by atoms with Crippen molar-refractivity contribution in [1.29, 1.82) is 0 Å². The first-order chi connectivity index (χ1) is 9.08. The van der Waals surface area contributed by atoms with Crippen molar-refractivity contribution in [2.45, 2.75) is 19.9 Å². The molecule has 0 amide bonds. The van der Waals surface area contributed by atoms with Crippen LogP contribution in [0.3, 0.4) is 0 Å². The van der Waals surface area contributed by atoms with Crippen LogP contribution in [0.15, 0.2) is 30.0 Å². The molecule has 98 valence electrons. The molecule has 3 heterocycles. The first-order valence-electron chi connectivity index (χ1n) is 5.94. The van der Waals surface area contributed by atoms with Crippen LogP contribution in [-0.4, -0.2) is 30.3 Å². The van der Waals surface area contributed by atoms with E-state index < -0.39 is 0 Å². The van der Waals surface area contributed by atoms with Crippen molar-refractivity contribution >= 4 is 11.7 Å². The molecule has 0 aliphatic carbocycles.